The summed E-state index contributed by atoms with van der Waals surface area (Å²) in [5, 5.41) is 7.80. The third kappa shape index (κ3) is 2.32. The van der Waals surface area contributed by atoms with Crippen molar-refractivity contribution >= 4 is 17.1 Å². The Morgan fingerprint density at radius 2 is 2.20 bits per heavy atom. The fourth-order valence-electron chi connectivity index (χ4n) is 2.38. The van der Waals surface area contributed by atoms with Crippen LogP contribution < -0.4 is 4.84 Å². The van der Waals surface area contributed by atoms with E-state index in [0.29, 0.717) is 30.2 Å². The molecule has 1 aromatic heterocycles. The molecule has 3 rings (SSSR count). The third-order valence-corrected chi connectivity index (χ3v) is 3.64. The minimum Gasteiger partial charge on any atom is -0.305 e. The monoisotopic (exact) mass is 275 g/mol. The molecule has 2 aromatic rings. The summed E-state index contributed by atoms with van der Waals surface area (Å²) >= 11 is 0. The molecule has 1 fully saturated rings. The van der Waals surface area contributed by atoms with Gasteiger partial charge in [-0.3, -0.25) is 4.84 Å². The quantitative estimate of drug-likeness (QED) is 0.752. The van der Waals surface area contributed by atoms with Crippen molar-refractivity contribution in [2.75, 3.05) is 27.2 Å². The van der Waals surface area contributed by atoms with Crippen LogP contribution in [0.15, 0.2) is 24.3 Å². The highest BCUT2D eigenvalue weighted by molar-refractivity contribution is 5.75. The van der Waals surface area contributed by atoms with Crippen LogP contribution in [0.1, 0.15) is 6.42 Å². The molecule has 0 bridgehead atoms. The summed E-state index contributed by atoms with van der Waals surface area (Å²) < 4.78 is 0. The summed E-state index contributed by atoms with van der Waals surface area (Å²) in [5.41, 5.74) is 1.39. The van der Waals surface area contributed by atoms with Crippen LogP contribution in [0.3, 0.4) is 0 Å². The summed E-state index contributed by atoms with van der Waals surface area (Å²) in [5.74, 6) is 0. The molecular formula is C13H17N5O2. The lowest BCUT2D eigenvalue weighted by molar-refractivity contribution is 0.0862. The Morgan fingerprint density at radius 3 is 2.95 bits per heavy atom. The van der Waals surface area contributed by atoms with E-state index in [1.165, 1.54) is 4.85 Å². The van der Waals surface area contributed by atoms with Gasteiger partial charge in [-0.25, -0.2) is 4.79 Å². The standard InChI is InChI=1S/C13H17N5O2/c1-16(2)10-7-8-17(9-10)13(19)20-18-12-6-4-3-5-11(12)14-15-18/h3-6,10H,7-9H2,1-2H3. The maximum absolute atomic E-state index is 12.1. The van der Waals surface area contributed by atoms with Gasteiger partial charge in [-0.1, -0.05) is 17.0 Å². The van der Waals surface area contributed by atoms with Crippen LogP contribution in [0.4, 0.5) is 4.79 Å². The first-order chi connectivity index (χ1) is 9.65. The molecule has 1 aromatic carbocycles. The third-order valence-electron chi connectivity index (χ3n) is 3.64. The van der Waals surface area contributed by atoms with Gasteiger partial charge in [0, 0.05) is 19.1 Å². The number of likely N-dealkylation sites (N-methyl/N-ethyl adjacent to an activating group) is 1. The molecule has 7 heteroatoms. The number of rotatable bonds is 2. The lowest BCUT2D eigenvalue weighted by Crippen LogP contribution is -2.38. The van der Waals surface area contributed by atoms with Gasteiger partial charge in [-0.2, -0.15) is 0 Å². The predicted molar refractivity (Wildman–Crippen MR) is 73.2 cm³/mol. The largest absolute Gasteiger partial charge is 0.436 e. The van der Waals surface area contributed by atoms with E-state index in [-0.39, 0.29) is 6.09 Å². The number of hydrogen-bond acceptors (Lipinski definition) is 5. The Labute approximate surface area is 116 Å². The van der Waals surface area contributed by atoms with Crippen molar-refractivity contribution in [2.24, 2.45) is 0 Å². The molecule has 0 N–H and O–H groups in total. The van der Waals surface area contributed by atoms with Crippen molar-refractivity contribution in [2.45, 2.75) is 12.5 Å². The van der Waals surface area contributed by atoms with Crippen LogP contribution >= 0.6 is 0 Å². The predicted octanol–water partition coefficient (Wildman–Crippen LogP) is 0.616. The minimum absolute atomic E-state index is 0.384. The second-order valence-corrected chi connectivity index (χ2v) is 5.16. The molecule has 20 heavy (non-hydrogen) atoms. The molecule has 0 spiro atoms. The van der Waals surface area contributed by atoms with Crippen molar-refractivity contribution in [3.8, 4) is 0 Å². The van der Waals surface area contributed by atoms with Crippen molar-refractivity contribution in [3.05, 3.63) is 24.3 Å². The Hall–Kier alpha value is -2.15. The van der Waals surface area contributed by atoms with E-state index in [1.807, 2.05) is 38.4 Å². The smallest absolute Gasteiger partial charge is 0.305 e. The zero-order valence-electron chi connectivity index (χ0n) is 11.6. The molecule has 1 atom stereocenters. The van der Waals surface area contributed by atoms with Gasteiger partial charge in [0.2, 0.25) is 0 Å². The van der Waals surface area contributed by atoms with Crippen molar-refractivity contribution in [3.63, 3.8) is 0 Å². The fourth-order valence-corrected chi connectivity index (χ4v) is 2.38. The molecule has 7 nitrogen and oxygen atoms in total. The molecule has 1 aliphatic heterocycles. The van der Waals surface area contributed by atoms with E-state index in [4.69, 9.17) is 4.84 Å². The van der Waals surface area contributed by atoms with Gasteiger partial charge in [-0.05, 0) is 37.9 Å². The van der Waals surface area contributed by atoms with Crippen molar-refractivity contribution in [1.29, 1.82) is 0 Å². The molecule has 0 saturated carbocycles. The SMILES string of the molecule is CN(C)C1CCN(C(=O)On2nnc3ccccc32)C1. The Kier molecular flexibility index (Phi) is 3.27. The van der Waals surface area contributed by atoms with Crippen molar-refractivity contribution < 1.29 is 9.63 Å². The lowest BCUT2D eigenvalue weighted by Gasteiger charge is -2.19. The number of hydrogen-bond donors (Lipinski definition) is 0. The fraction of sp³-hybridized carbons (Fsp3) is 0.462. The lowest BCUT2D eigenvalue weighted by atomic mass is 10.2. The van der Waals surface area contributed by atoms with Gasteiger partial charge in [-0.15, -0.1) is 5.10 Å². The average Bonchev–Trinajstić information content (AvgIpc) is 3.06. The van der Waals surface area contributed by atoms with Gasteiger partial charge in [0.1, 0.15) is 11.0 Å². The molecule has 1 unspecified atom stereocenters. The zero-order valence-corrected chi connectivity index (χ0v) is 11.6. The summed E-state index contributed by atoms with van der Waals surface area (Å²) in [6.07, 6.45) is 0.574. The van der Waals surface area contributed by atoms with Crippen LogP contribution in [0.5, 0.6) is 0 Å². The first-order valence-corrected chi connectivity index (χ1v) is 6.59. The molecule has 106 valence electrons. The van der Waals surface area contributed by atoms with E-state index in [1.54, 1.807) is 4.90 Å². The van der Waals surface area contributed by atoms with Gasteiger partial charge >= 0.3 is 6.09 Å². The number of para-hydroxylation sites is 1. The van der Waals surface area contributed by atoms with E-state index in [2.05, 4.69) is 15.2 Å². The normalized spacial score (nSPS) is 18.9. The topological polar surface area (TPSA) is 63.5 Å². The average molecular weight is 275 g/mol. The molecular weight excluding hydrogens is 258 g/mol. The molecule has 0 radical (unpaired) electrons. The minimum atomic E-state index is -0.384. The van der Waals surface area contributed by atoms with Crippen LogP contribution in [-0.4, -0.2) is 64.3 Å². The first-order valence-electron chi connectivity index (χ1n) is 6.59. The van der Waals surface area contributed by atoms with Crippen LogP contribution in [0.25, 0.3) is 11.0 Å². The maximum atomic E-state index is 12.1. The molecule has 2 heterocycles. The van der Waals surface area contributed by atoms with E-state index >= 15 is 0 Å². The summed E-state index contributed by atoms with van der Waals surface area (Å²) in [6, 6.07) is 7.74. The Bertz CT molecular complexity index is 624. The number of likely N-dealkylation sites (tertiary alicyclic amines) is 1. The number of carbonyl (C=O) groups is 1. The molecule has 1 amide bonds. The zero-order chi connectivity index (χ0) is 14.1. The number of benzene rings is 1. The van der Waals surface area contributed by atoms with Crippen LogP contribution in [0.2, 0.25) is 0 Å². The number of aromatic nitrogens is 3. The Morgan fingerprint density at radius 1 is 1.40 bits per heavy atom. The number of nitrogens with zero attached hydrogens (tertiary/aromatic N) is 5. The van der Waals surface area contributed by atoms with E-state index in [9.17, 15) is 4.79 Å². The first kappa shape index (κ1) is 12.9. The summed E-state index contributed by atoms with van der Waals surface area (Å²) in [4.78, 5) is 22.4. The molecule has 1 saturated heterocycles. The Balaban J connectivity index is 1.70. The van der Waals surface area contributed by atoms with Crippen LogP contribution in [0, 0.1) is 0 Å². The molecule has 0 aliphatic carbocycles. The van der Waals surface area contributed by atoms with E-state index < -0.39 is 0 Å². The highest BCUT2D eigenvalue weighted by Crippen LogP contribution is 2.14. The van der Waals surface area contributed by atoms with Crippen molar-refractivity contribution in [1.82, 2.24) is 25.0 Å². The van der Waals surface area contributed by atoms with Gasteiger partial charge in [0.15, 0.2) is 0 Å². The molecule has 1 aliphatic rings. The maximum Gasteiger partial charge on any atom is 0.436 e. The summed E-state index contributed by atoms with van der Waals surface area (Å²) in [6.45, 7) is 1.38. The second-order valence-electron chi connectivity index (χ2n) is 5.16. The number of amides is 1. The summed E-state index contributed by atoms with van der Waals surface area (Å²) in [7, 11) is 4.04. The highest BCUT2D eigenvalue weighted by Gasteiger charge is 2.29. The highest BCUT2D eigenvalue weighted by atomic mass is 16.7. The number of fused-ring (bicyclic) bond motifs is 1. The van der Waals surface area contributed by atoms with Gasteiger partial charge in [0.05, 0.1) is 0 Å². The van der Waals surface area contributed by atoms with Gasteiger partial charge < -0.3 is 9.80 Å². The second kappa shape index (κ2) is 5.09. The van der Waals surface area contributed by atoms with Gasteiger partial charge in [0.25, 0.3) is 0 Å². The van der Waals surface area contributed by atoms with Crippen LogP contribution in [-0.2, 0) is 0 Å². The number of carbonyl (C=O) groups excluding carboxylic acids is 1. The van der Waals surface area contributed by atoms with E-state index in [0.717, 1.165) is 6.42 Å².